The fourth-order valence-electron chi connectivity index (χ4n) is 3.60. The molecule has 3 N–H and O–H groups in total. The van der Waals surface area contributed by atoms with E-state index in [-0.39, 0.29) is 17.1 Å². The molecule has 3 aromatic rings. The van der Waals surface area contributed by atoms with Crippen LogP contribution in [0.5, 0.6) is 0 Å². The minimum absolute atomic E-state index is 0.159. The summed E-state index contributed by atoms with van der Waals surface area (Å²) < 4.78 is 15.3. The van der Waals surface area contributed by atoms with Gasteiger partial charge in [0.25, 0.3) is 5.91 Å². The number of rotatable bonds is 3. The molecule has 1 aromatic heterocycles. The van der Waals surface area contributed by atoms with Crippen LogP contribution in [0.2, 0.25) is 5.02 Å². The summed E-state index contributed by atoms with van der Waals surface area (Å²) >= 11 is 6.54. The zero-order valence-corrected chi connectivity index (χ0v) is 16.1. The van der Waals surface area contributed by atoms with E-state index in [0.717, 1.165) is 5.56 Å². The maximum Gasteiger partial charge on any atom is 0.322 e. The van der Waals surface area contributed by atoms with Gasteiger partial charge in [0.2, 0.25) is 0 Å². The largest absolute Gasteiger partial charge is 0.365 e. The maximum atomic E-state index is 13.4. The number of halogens is 2. The van der Waals surface area contributed by atoms with E-state index in [9.17, 15) is 14.0 Å². The van der Waals surface area contributed by atoms with Crippen molar-refractivity contribution in [3.05, 3.63) is 76.7 Å². The number of nitrogens with one attached hydrogen (secondary N) is 1. The van der Waals surface area contributed by atoms with Crippen molar-refractivity contribution in [1.29, 1.82) is 0 Å². The summed E-state index contributed by atoms with van der Waals surface area (Å²) in [6, 6.07) is 14.7. The molecule has 148 valence electrons. The van der Waals surface area contributed by atoms with Crippen LogP contribution in [0.15, 0.2) is 54.6 Å². The predicted molar refractivity (Wildman–Crippen MR) is 109 cm³/mol. The van der Waals surface area contributed by atoms with Crippen molar-refractivity contribution in [1.82, 2.24) is 9.47 Å². The van der Waals surface area contributed by atoms with Crippen LogP contribution in [0.3, 0.4) is 0 Å². The molecule has 0 bridgehead atoms. The molecule has 4 rings (SSSR count). The van der Waals surface area contributed by atoms with Crippen LogP contribution in [-0.2, 0) is 13.1 Å². The number of amides is 3. The van der Waals surface area contributed by atoms with E-state index in [0.29, 0.717) is 30.2 Å². The Morgan fingerprint density at radius 2 is 1.83 bits per heavy atom. The van der Waals surface area contributed by atoms with E-state index >= 15 is 0 Å². The van der Waals surface area contributed by atoms with Crippen LogP contribution in [0, 0.1) is 5.82 Å². The van der Waals surface area contributed by atoms with Gasteiger partial charge in [-0.25, -0.2) is 9.18 Å². The lowest BCUT2D eigenvalue weighted by molar-refractivity contribution is 0.0997. The fraction of sp³-hybridized carbons (Fsp3) is 0.143. The third-order valence-electron chi connectivity index (χ3n) is 4.90. The zero-order chi connectivity index (χ0) is 20.5. The van der Waals surface area contributed by atoms with Crippen LogP contribution in [0.1, 0.15) is 16.1 Å². The smallest absolute Gasteiger partial charge is 0.322 e. The summed E-state index contributed by atoms with van der Waals surface area (Å²) in [6.45, 7) is 1.01. The van der Waals surface area contributed by atoms with Crippen molar-refractivity contribution in [3.8, 4) is 11.3 Å². The number of nitrogens with two attached hydrogens (primary N) is 1. The Bertz CT molecular complexity index is 1100. The van der Waals surface area contributed by atoms with Gasteiger partial charge in [-0.15, -0.1) is 0 Å². The van der Waals surface area contributed by atoms with Gasteiger partial charge in [0.1, 0.15) is 5.82 Å². The van der Waals surface area contributed by atoms with Crippen molar-refractivity contribution >= 4 is 29.2 Å². The lowest BCUT2D eigenvalue weighted by Crippen LogP contribution is -2.41. The molecule has 0 unspecified atom stereocenters. The Hall–Kier alpha value is -3.32. The lowest BCUT2D eigenvalue weighted by Gasteiger charge is -2.30. The van der Waals surface area contributed by atoms with E-state index in [4.69, 9.17) is 17.3 Å². The molecule has 0 atom stereocenters. The summed E-state index contributed by atoms with van der Waals surface area (Å²) in [6.07, 6.45) is 0. The average Bonchev–Trinajstić information content (AvgIpc) is 2.99. The molecule has 0 saturated heterocycles. The van der Waals surface area contributed by atoms with Gasteiger partial charge in [-0.1, -0.05) is 48.0 Å². The topological polar surface area (TPSA) is 80.4 Å². The fourth-order valence-corrected chi connectivity index (χ4v) is 4.01. The number of hydrogen-bond acceptors (Lipinski definition) is 2. The molecule has 6 nitrogen and oxygen atoms in total. The van der Waals surface area contributed by atoms with Crippen molar-refractivity contribution in [2.75, 3.05) is 11.9 Å². The third kappa shape index (κ3) is 3.56. The van der Waals surface area contributed by atoms with Gasteiger partial charge in [0.05, 0.1) is 28.5 Å². The lowest BCUT2D eigenvalue weighted by atomic mass is 10.1. The number of aromatic nitrogens is 1. The molecule has 3 amide bonds. The summed E-state index contributed by atoms with van der Waals surface area (Å²) in [5.74, 6) is -1.08. The SMILES string of the molecule is NC(=O)c1c(Cl)c(-c2ccccc2)n2c1CN(C(=O)Nc1cccc(F)c1)CC2. The highest BCUT2D eigenvalue weighted by molar-refractivity contribution is 6.36. The average molecular weight is 413 g/mol. The number of hydrogen-bond donors (Lipinski definition) is 2. The Morgan fingerprint density at radius 3 is 2.52 bits per heavy atom. The Labute approximate surface area is 171 Å². The van der Waals surface area contributed by atoms with Crippen LogP contribution in [-0.4, -0.2) is 28.0 Å². The van der Waals surface area contributed by atoms with E-state index in [1.165, 1.54) is 23.1 Å². The van der Waals surface area contributed by atoms with E-state index in [1.54, 1.807) is 6.07 Å². The third-order valence-corrected chi connectivity index (χ3v) is 5.27. The second-order valence-corrected chi connectivity index (χ2v) is 7.11. The highest BCUT2D eigenvalue weighted by Gasteiger charge is 2.31. The molecular formula is C21H18ClFN4O2. The highest BCUT2D eigenvalue weighted by atomic mass is 35.5. The number of anilines is 1. The van der Waals surface area contributed by atoms with E-state index in [1.807, 2.05) is 34.9 Å². The molecule has 1 aliphatic heterocycles. The number of benzene rings is 2. The van der Waals surface area contributed by atoms with Gasteiger partial charge in [-0.3, -0.25) is 4.79 Å². The van der Waals surface area contributed by atoms with Crippen LogP contribution >= 0.6 is 11.6 Å². The zero-order valence-electron chi connectivity index (χ0n) is 15.4. The minimum Gasteiger partial charge on any atom is -0.365 e. The molecule has 0 saturated carbocycles. The molecule has 0 aliphatic carbocycles. The first-order chi connectivity index (χ1) is 14.0. The number of carbonyl (C=O) groups excluding carboxylic acids is 2. The second-order valence-electron chi connectivity index (χ2n) is 6.73. The number of primary amides is 1. The van der Waals surface area contributed by atoms with Gasteiger partial charge in [-0.2, -0.15) is 0 Å². The maximum absolute atomic E-state index is 13.4. The second kappa shape index (κ2) is 7.60. The van der Waals surface area contributed by atoms with Crippen molar-refractivity contribution in [2.24, 2.45) is 5.73 Å². The van der Waals surface area contributed by atoms with Gasteiger partial charge >= 0.3 is 6.03 Å². The molecule has 0 radical (unpaired) electrons. The van der Waals surface area contributed by atoms with Crippen LogP contribution in [0.4, 0.5) is 14.9 Å². The molecule has 29 heavy (non-hydrogen) atoms. The van der Waals surface area contributed by atoms with E-state index in [2.05, 4.69) is 5.32 Å². The first kappa shape index (κ1) is 19.0. The first-order valence-electron chi connectivity index (χ1n) is 9.03. The molecule has 2 heterocycles. The molecular weight excluding hydrogens is 395 g/mol. The van der Waals surface area contributed by atoms with Gasteiger partial charge < -0.3 is 20.5 Å². The Morgan fingerprint density at radius 1 is 1.07 bits per heavy atom. The molecule has 0 spiro atoms. The number of urea groups is 1. The van der Waals surface area contributed by atoms with Crippen molar-refractivity contribution in [2.45, 2.75) is 13.1 Å². The quantitative estimate of drug-likeness (QED) is 0.679. The standard InChI is InChI=1S/C21H18ClFN4O2/c22-18-17(20(24)28)16-12-26(21(29)25-15-8-4-7-14(23)11-15)9-10-27(16)19(18)13-5-2-1-3-6-13/h1-8,11H,9-10,12H2,(H2,24,28)(H,25,29). The van der Waals surface area contributed by atoms with Crippen molar-refractivity contribution < 1.29 is 14.0 Å². The van der Waals surface area contributed by atoms with Crippen LogP contribution in [0.25, 0.3) is 11.3 Å². The molecule has 1 aliphatic rings. The highest BCUT2D eigenvalue weighted by Crippen LogP contribution is 2.37. The number of nitrogens with zero attached hydrogens (tertiary/aromatic N) is 2. The number of fused-ring (bicyclic) bond motifs is 1. The summed E-state index contributed by atoms with van der Waals surface area (Å²) in [5, 5.41) is 2.96. The number of carbonyl (C=O) groups is 2. The first-order valence-corrected chi connectivity index (χ1v) is 9.41. The molecule has 2 aromatic carbocycles. The van der Waals surface area contributed by atoms with Gasteiger partial charge in [0.15, 0.2) is 0 Å². The summed E-state index contributed by atoms with van der Waals surface area (Å²) in [7, 11) is 0. The minimum atomic E-state index is -0.645. The Kier molecular flexibility index (Phi) is 4.98. The monoisotopic (exact) mass is 412 g/mol. The summed E-state index contributed by atoms with van der Waals surface area (Å²) in [4.78, 5) is 26.3. The van der Waals surface area contributed by atoms with Crippen LogP contribution < -0.4 is 11.1 Å². The molecule has 8 heteroatoms. The van der Waals surface area contributed by atoms with Gasteiger partial charge in [0, 0.05) is 18.8 Å². The molecule has 0 fully saturated rings. The predicted octanol–water partition coefficient (Wildman–Crippen LogP) is 4.09. The van der Waals surface area contributed by atoms with Crippen molar-refractivity contribution in [3.63, 3.8) is 0 Å². The Balaban J connectivity index is 1.67. The normalized spacial score (nSPS) is 13.1. The van der Waals surface area contributed by atoms with E-state index < -0.39 is 17.8 Å². The van der Waals surface area contributed by atoms with Gasteiger partial charge in [-0.05, 0) is 23.8 Å². The summed E-state index contributed by atoms with van der Waals surface area (Å²) in [5.41, 5.74) is 8.33.